The number of benzene rings is 7. The Balaban J connectivity index is 0.986. The van der Waals surface area contributed by atoms with Crippen LogP contribution in [0.1, 0.15) is 5.69 Å². The smallest absolute Gasteiger partial charge is 0.160 e. The molecule has 0 aliphatic carbocycles. The van der Waals surface area contributed by atoms with Crippen LogP contribution in [0.15, 0.2) is 207 Å². The maximum absolute atomic E-state index is 5.24. The van der Waals surface area contributed by atoms with Crippen molar-refractivity contribution in [3.05, 3.63) is 212 Å². The summed E-state index contributed by atoms with van der Waals surface area (Å²) in [5.41, 5.74) is 16.2. The van der Waals surface area contributed by atoms with Crippen LogP contribution < -0.4 is 0 Å². The molecule has 0 saturated carbocycles. The number of rotatable bonds is 7. The number of hydrogen-bond acceptors (Lipinski definition) is 5. The molecule has 0 aliphatic rings. The van der Waals surface area contributed by atoms with E-state index in [1.807, 2.05) is 43.6 Å². The molecular weight excluding hydrogens is 743 g/mol. The molecule has 7 aromatic carbocycles. The monoisotopic (exact) mass is 779 g/mol. The second kappa shape index (κ2) is 15.2. The maximum Gasteiger partial charge on any atom is 0.160 e. The molecule has 0 unspecified atom stereocenters. The average molecular weight is 780 g/mol. The molecule has 0 atom stereocenters. The normalized spacial score (nSPS) is 11.4. The molecular formula is C56H37N5. The van der Waals surface area contributed by atoms with Gasteiger partial charge in [-0.3, -0.25) is 9.97 Å². The van der Waals surface area contributed by atoms with Crippen LogP contribution in [0.25, 0.3) is 111 Å². The maximum atomic E-state index is 5.24. The Morgan fingerprint density at radius 2 is 0.951 bits per heavy atom. The summed E-state index contributed by atoms with van der Waals surface area (Å²) in [4.78, 5) is 24.9. The van der Waals surface area contributed by atoms with E-state index in [-0.39, 0.29) is 0 Å². The van der Waals surface area contributed by atoms with Crippen molar-refractivity contribution >= 4 is 32.6 Å². The summed E-state index contributed by atoms with van der Waals surface area (Å²) in [7, 11) is 0. The molecule has 0 amide bonds. The lowest BCUT2D eigenvalue weighted by Crippen LogP contribution is -1.96. The van der Waals surface area contributed by atoms with Gasteiger partial charge in [-0.2, -0.15) is 0 Å². The Morgan fingerprint density at radius 1 is 0.328 bits per heavy atom. The van der Waals surface area contributed by atoms with Crippen molar-refractivity contribution in [2.75, 3.05) is 0 Å². The fourth-order valence-electron chi connectivity index (χ4n) is 8.35. The summed E-state index contributed by atoms with van der Waals surface area (Å²) in [6, 6.07) is 68.0. The number of fused-ring (bicyclic) bond motifs is 4. The highest BCUT2D eigenvalue weighted by Gasteiger charge is 2.16. The summed E-state index contributed by atoms with van der Waals surface area (Å²) < 4.78 is 0. The summed E-state index contributed by atoms with van der Waals surface area (Å²) in [6.45, 7) is 2.03. The lowest BCUT2D eigenvalue weighted by atomic mass is 9.95. The number of nitrogens with zero attached hydrogens (tertiary/aromatic N) is 5. The van der Waals surface area contributed by atoms with Gasteiger partial charge >= 0.3 is 0 Å². The van der Waals surface area contributed by atoms with Crippen LogP contribution in [0, 0.1) is 6.92 Å². The van der Waals surface area contributed by atoms with Crippen molar-refractivity contribution in [3.63, 3.8) is 0 Å². The van der Waals surface area contributed by atoms with Gasteiger partial charge in [-0.05, 0) is 82.1 Å². The van der Waals surface area contributed by atoms with Crippen LogP contribution in [0.3, 0.4) is 0 Å². The summed E-state index contributed by atoms with van der Waals surface area (Å²) in [6.07, 6.45) is 3.77. The third kappa shape index (κ3) is 6.88. The minimum atomic E-state index is 0.671. The Hall–Kier alpha value is -8.15. The van der Waals surface area contributed by atoms with Gasteiger partial charge < -0.3 is 0 Å². The van der Waals surface area contributed by atoms with Crippen molar-refractivity contribution in [3.8, 4) is 78.5 Å². The van der Waals surface area contributed by atoms with Crippen LogP contribution in [-0.2, 0) is 0 Å². The fourth-order valence-corrected chi connectivity index (χ4v) is 8.35. The quantitative estimate of drug-likeness (QED) is 0.151. The molecule has 0 bridgehead atoms. The first-order chi connectivity index (χ1) is 30.1. The van der Waals surface area contributed by atoms with Crippen molar-refractivity contribution in [2.24, 2.45) is 0 Å². The average Bonchev–Trinajstić information content (AvgIpc) is 3.34. The third-order valence-electron chi connectivity index (χ3n) is 11.4. The second-order valence-corrected chi connectivity index (χ2v) is 15.4. The number of aryl methyl sites for hydroxylation is 1. The first-order valence-corrected chi connectivity index (χ1v) is 20.5. The van der Waals surface area contributed by atoms with Crippen LogP contribution in [0.4, 0.5) is 0 Å². The number of pyridine rings is 3. The molecule has 4 aromatic heterocycles. The van der Waals surface area contributed by atoms with Gasteiger partial charge in [0.25, 0.3) is 0 Å². The van der Waals surface area contributed by atoms with Gasteiger partial charge in [0.15, 0.2) is 5.82 Å². The Bertz CT molecular complexity index is 3410. The van der Waals surface area contributed by atoms with Gasteiger partial charge in [0.1, 0.15) is 0 Å². The molecule has 0 fully saturated rings. The molecule has 11 rings (SSSR count). The van der Waals surface area contributed by atoms with Gasteiger partial charge in [-0.15, -0.1) is 0 Å². The molecule has 0 saturated heterocycles. The van der Waals surface area contributed by atoms with Gasteiger partial charge in [0.05, 0.1) is 28.1 Å². The molecule has 286 valence electrons. The first kappa shape index (κ1) is 36.0. The highest BCUT2D eigenvalue weighted by molar-refractivity contribution is 6.09. The zero-order chi connectivity index (χ0) is 40.7. The Kier molecular flexibility index (Phi) is 8.98. The first-order valence-electron chi connectivity index (χ1n) is 20.5. The molecule has 61 heavy (non-hydrogen) atoms. The molecule has 0 spiro atoms. The van der Waals surface area contributed by atoms with Crippen molar-refractivity contribution in [1.82, 2.24) is 24.9 Å². The van der Waals surface area contributed by atoms with Crippen LogP contribution in [-0.4, -0.2) is 24.9 Å². The summed E-state index contributed by atoms with van der Waals surface area (Å²) >= 11 is 0. The SMILES string of the molecule is Cc1ccc2ccc3c(-c4ccc(-c5cccc(-c6nc(-c7ccccc7)cc(-c7cccc(-c8cccc9cnccc89)c7)n6)c5)cc4)cc(-c4ccccc4)nc3c2n1. The van der Waals surface area contributed by atoms with Gasteiger partial charge in [-0.1, -0.05) is 158 Å². The topological polar surface area (TPSA) is 64.5 Å². The van der Waals surface area contributed by atoms with Crippen LogP contribution >= 0.6 is 0 Å². The van der Waals surface area contributed by atoms with E-state index in [0.29, 0.717) is 5.82 Å². The minimum absolute atomic E-state index is 0.671. The molecule has 5 heteroatoms. The van der Waals surface area contributed by atoms with E-state index < -0.39 is 0 Å². The number of aromatic nitrogens is 5. The van der Waals surface area contributed by atoms with Crippen molar-refractivity contribution < 1.29 is 0 Å². The molecule has 4 heterocycles. The molecule has 11 aromatic rings. The minimum Gasteiger partial charge on any atom is -0.264 e. The zero-order valence-corrected chi connectivity index (χ0v) is 33.4. The van der Waals surface area contributed by atoms with E-state index in [2.05, 4.69) is 175 Å². The third-order valence-corrected chi connectivity index (χ3v) is 11.4. The molecule has 0 N–H and O–H groups in total. The van der Waals surface area contributed by atoms with E-state index in [1.54, 1.807) is 0 Å². The van der Waals surface area contributed by atoms with Gasteiger partial charge in [-0.25, -0.2) is 15.0 Å². The second-order valence-electron chi connectivity index (χ2n) is 15.4. The molecule has 5 nitrogen and oxygen atoms in total. The molecule has 0 radical (unpaired) electrons. The molecule has 0 aliphatic heterocycles. The summed E-state index contributed by atoms with van der Waals surface area (Å²) in [5, 5.41) is 4.43. The van der Waals surface area contributed by atoms with Gasteiger partial charge in [0.2, 0.25) is 0 Å². The highest BCUT2D eigenvalue weighted by atomic mass is 14.9. The van der Waals surface area contributed by atoms with E-state index in [4.69, 9.17) is 19.9 Å². The Labute approximate surface area is 353 Å². The van der Waals surface area contributed by atoms with E-state index in [0.717, 1.165) is 106 Å². The Morgan fingerprint density at radius 3 is 1.74 bits per heavy atom. The number of hydrogen-bond donors (Lipinski definition) is 0. The van der Waals surface area contributed by atoms with Gasteiger partial charge in [0, 0.05) is 56.5 Å². The predicted octanol–water partition coefficient (Wildman–Crippen LogP) is 14.1. The summed E-state index contributed by atoms with van der Waals surface area (Å²) in [5.74, 6) is 0.671. The highest BCUT2D eigenvalue weighted by Crippen LogP contribution is 2.37. The van der Waals surface area contributed by atoms with E-state index in [9.17, 15) is 0 Å². The van der Waals surface area contributed by atoms with E-state index in [1.165, 1.54) is 5.39 Å². The fraction of sp³-hybridized carbons (Fsp3) is 0.0179. The van der Waals surface area contributed by atoms with Crippen molar-refractivity contribution in [2.45, 2.75) is 6.92 Å². The van der Waals surface area contributed by atoms with E-state index >= 15 is 0 Å². The largest absolute Gasteiger partial charge is 0.264 e. The van der Waals surface area contributed by atoms with Crippen molar-refractivity contribution in [1.29, 1.82) is 0 Å². The van der Waals surface area contributed by atoms with Crippen LogP contribution in [0.2, 0.25) is 0 Å². The standard InChI is InChI=1S/C56H37N5/c1-36-21-22-41-27-28-49-50(33-51(39-11-4-2-5-12-39)59-55(49)54(41)58-36)38-25-23-37(24-26-38)42-15-8-18-45(31-42)56-60-52(40-13-6-3-7-14-40)34-53(61-56)44-17-9-16-43(32-44)47-20-10-19-46-35-57-30-29-48(46)47/h2-35H,1H3. The lowest BCUT2D eigenvalue weighted by Gasteiger charge is -2.13. The zero-order valence-electron chi connectivity index (χ0n) is 33.4. The van der Waals surface area contributed by atoms with Crippen LogP contribution in [0.5, 0.6) is 0 Å². The lowest BCUT2D eigenvalue weighted by molar-refractivity contribution is 1.18. The predicted molar refractivity (Wildman–Crippen MR) is 251 cm³/mol.